The Kier molecular flexibility index (Phi) is 7.84. The molecule has 1 aromatic heterocycles. The van der Waals surface area contributed by atoms with E-state index in [2.05, 4.69) is 12.2 Å². The topological polar surface area (TPSA) is 64.6 Å². The van der Waals surface area contributed by atoms with Crippen LogP contribution < -0.4 is 10.1 Å². The third kappa shape index (κ3) is 5.73. The Morgan fingerprint density at radius 2 is 1.74 bits per heavy atom. The molecule has 6 heteroatoms. The molecule has 1 N–H and O–H groups in total. The highest BCUT2D eigenvalue weighted by Gasteiger charge is 2.24. The maximum absolute atomic E-state index is 12.5. The molecular formula is C25H27NO4S. The Morgan fingerprint density at radius 3 is 2.39 bits per heavy atom. The summed E-state index contributed by atoms with van der Waals surface area (Å²) in [5, 5.41) is 3.41. The molecule has 0 saturated heterocycles. The minimum Gasteiger partial charge on any atom is -0.494 e. The van der Waals surface area contributed by atoms with Crippen LogP contribution in [0, 0.1) is 6.92 Å². The van der Waals surface area contributed by atoms with Crippen LogP contribution in [-0.4, -0.2) is 25.6 Å². The van der Waals surface area contributed by atoms with E-state index in [4.69, 9.17) is 9.47 Å². The zero-order valence-corrected chi connectivity index (χ0v) is 18.9. The highest BCUT2D eigenvalue weighted by atomic mass is 32.1. The summed E-state index contributed by atoms with van der Waals surface area (Å²) in [5.41, 5.74) is 3.37. The van der Waals surface area contributed by atoms with Gasteiger partial charge in [-0.2, -0.15) is 0 Å². The van der Waals surface area contributed by atoms with Gasteiger partial charge in [0, 0.05) is 16.9 Å². The number of hydrogen-bond donors (Lipinski definition) is 1. The van der Waals surface area contributed by atoms with Crippen LogP contribution in [-0.2, 0) is 16.0 Å². The molecule has 2 aromatic carbocycles. The molecular weight excluding hydrogens is 410 g/mol. The predicted octanol–water partition coefficient (Wildman–Crippen LogP) is 5.87. The normalized spacial score (nSPS) is 10.5. The van der Waals surface area contributed by atoms with E-state index in [0.29, 0.717) is 30.0 Å². The van der Waals surface area contributed by atoms with Crippen molar-refractivity contribution in [3.8, 4) is 16.9 Å². The molecule has 0 aliphatic carbocycles. The Morgan fingerprint density at radius 1 is 1.03 bits per heavy atom. The Balaban J connectivity index is 1.63. The second-order valence-corrected chi connectivity index (χ2v) is 8.32. The number of nitrogens with one attached hydrogen (secondary N) is 1. The van der Waals surface area contributed by atoms with E-state index in [1.54, 1.807) is 0 Å². The van der Waals surface area contributed by atoms with Crippen LogP contribution >= 0.6 is 11.3 Å². The van der Waals surface area contributed by atoms with Gasteiger partial charge in [-0.05, 0) is 43.0 Å². The number of thiophene rings is 1. The first-order chi connectivity index (χ1) is 15.0. The van der Waals surface area contributed by atoms with Crippen molar-refractivity contribution >= 4 is 28.2 Å². The summed E-state index contributed by atoms with van der Waals surface area (Å²) < 4.78 is 10.7. The number of hydrogen-bond acceptors (Lipinski definition) is 5. The Labute approximate surface area is 187 Å². The highest BCUT2D eigenvalue weighted by molar-refractivity contribution is 7.17. The van der Waals surface area contributed by atoms with Gasteiger partial charge in [0.1, 0.15) is 16.3 Å². The molecule has 0 unspecified atom stereocenters. The summed E-state index contributed by atoms with van der Waals surface area (Å²) in [6.45, 7) is 4.49. The number of carbonyl (C=O) groups excluding carboxylic acids is 2. The maximum Gasteiger partial charge on any atom is 0.341 e. The van der Waals surface area contributed by atoms with Gasteiger partial charge in [0.25, 0.3) is 0 Å². The predicted molar refractivity (Wildman–Crippen MR) is 125 cm³/mol. The fraction of sp³-hybridized carbons (Fsp3) is 0.280. The molecule has 1 heterocycles. The van der Waals surface area contributed by atoms with Crippen molar-refractivity contribution in [3.05, 3.63) is 70.6 Å². The van der Waals surface area contributed by atoms with Gasteiger partial charge in [0.15, 0.2) is 0 Å². The number of esters is 1. The van der Waals surface area contributed by atoms with E-state index in [1.165, 1.54) is 24.0 Å². The zero-order chi connectivity index (χ0) is 22.2. The van der Waals surface area contributed by atoms with E-state index < -0.39 is 5.97 Å². The summed E-state index contributed by atoms with van der Waals surface area (Å²) in [6.07, 6.45) is 1.86. The van der Waals surface area contributed by atoms with Gasteiger partial charge < -0.3 is 14.8 Å². The molecule has 31 heavy (non-hydrogen) atoms. The summed E-state index contributed by atoms with van der Waals surface area (Å²) in [6, 6.07) is 17.6. The number of benzene rings is 2. The lowest BCUT2D eigenvalue weighted by molar-refractivity contribution is -0.116. The molecule has 0 spiro atoms. The van der Waals surface area contributed by atoms with Gasteiger partial charge in [-0.15, -0.1) is 11.3 Å². The number of anilines is 1. The van der Waals surface area contributed by atoms with Crippen molar-refractivity contribution in [2.45, 2.75) is 33.1 Å². The number of methoxy groups -OCH3 is 1. The number of ether oxygens (including phenoxy) is 2. The smallest absolute Gasteiger partial charge is 0.341 e. The van der Waals surface area contributed by atoms with E-state index >= 15 is 0 Å². The monoisotopic (exact) mass is 437 g/mol. The molecule has 1 amide bonds. The van der Waals surface area contributed by atoms with Gasteiger partial charge in [0.2, 0.25) is 5.91 Å². The summed E-state index contributed by atoms with van der Waals surface area (Å²) in [4.78, 5) is 26.0. The van der Waals surface area contributed by atoms with E-state index in [9.17, 15) is 9.59 Å². The summed E-state index contributed by atoms with van der Waals surface area (Å²) in [5.74, 6) is 0.181. The van der Waals surface area contributed by atoms with Crippen molar-refractivity contribution < 1.29 is 19.1 Å². The van der Waals surface area contributed by atoms with Gasteiger partial charge in [-0.3, -0.25) is 4.79 Å². The van der Waals surface area contributed by atoms with Crippen LogP contribution in [0.3, 0.4) is 0 Å². The number of aryl methyl sites for hydroxylation is 2. The lowest BCUT2D eigenvalue weighted by Crippen LogP contribution is -2.14. The van der Waals surface area contributed by atoms with Gasteiger partial charge in [-0.1, -0.05) is 49.4 Å². The fourth-order valence-electron chi connectivity index (χ4n) is 3.32. The molecule has 0 aliphatic rings. The van der Waals surface area contributed by atoms with Crippen molar-refractivity contribution in [3.63, 3.8) is 0 Å². The lowest BCUT2D eigenvalue weighted by Gasteiger charge is -2.09. The van der Waals surface area contributed by atoms with Gasteiger partial charge in [0.05, 0.1) is 13.7 Å². The van der Waals surface area contributed by atoms with Crippen molar-refractivity contribution in [2.75, 3.05) is 19.0 Å². The highest BCUT2D eigenvalue weighted by Crippen LogP contribution is 2.40. The molecule has 0 fully saturated rings. The number of amides is 1. The molecule has 0 atom stereocenters. The SMILES string of the molecule is CCc1ccc(OCCCC(=O)Nc2sc(C)c(-c3ccccc3)c2C(=O)OC)cc1. The van der Waals surface area contributed by atoms with Crippen molar-refractivity contribution in [1.29, 1.82) is 0 Å². The molecule has 162 valence electrons. The molecule has 0 bridgehead atoms. The first-order valence-electron chi connectivity index (χ1n) is 10.3. The number of rotatable bonds is 9. The average Bonchev–Trinajstić information content (AvgIpc) is 3.12. The molecule has 0 saturated carbocycles. The standard InChI is InChI=1S/C25H27NO4S/c1-4-18-12-14-20(15-13-18)30-16-8-11-21(27)26-24-23(25(28)29-3)22(17(2)31-24)19-9-6-5-7-10-19/h5-7,9-10,12-15H,4,8,11,16H2,1-3H3,(H,26,27). The fourth-order valence-corrected chi connectivity index (χ4v) is 4.40. The summed E-state index contributed by atoms with van der Waals surface area (Å²) in [7, 11) is 1.35. The first kappa shape index (κ1) is 22.6. The van der Waals surface area contributed by atoms with E-state index in [-0.39, 0.29) is 5.91 Å². The largest absolute Gasteiger partial charge is 0.494 e. The molecule has 0 radical (unpaired) electrons. The van der Waals surface area contributed by atoms with Crippen LogP contribution in [0.25, 0.3) is 11.1 Å². The molecule has 3 rings (SSSR count). The first-order valence-corrected chi connectivity index (χ1v) is 11.1. The summed E-state index contributed by atoms with van der Waals surface area (Å²) >= 11 is 1.38. The van der Waals surface area contributed by atoms with Gasteiger partial charge >= 0.3 is 5.97 Å². The van der Waals surface area contributed by atoms with Crippen molar-refractivity contribution in [1.82, 2.24) is 0 Å². The third-order valence-electron chi connectivity index (χ3n) is 4.94. The number of carbonyl (C=O) groups is 2. The molecule has 3 aromatic rings. The van der Waals surface area contributed by atoms with Crippen LogP contribution in [0.1, 0.15) is 40.6 Å². The Hall–Kier alpha value is -3.12. The van der Waals surface area contributed by atoms with E-state index in [0.717, 1.165) is 28.2 Å². The van der Waals surface area contributed by atoms with Crippen LogP contribution in [0.4, 0.5) is 5.00 Å². The molecule has 0 aliphatic heterocycles. The zero-order valence-electron chi connectivity index (χ0n) is 18.1. The van der Waals surface area contributed by atoms with Gasteiger partial charge in [-0.25, -0.2) is 4.79 Å². The van der Waals surface area contributed by atoms with Crippen molar-refractivity contribution in [2.24, 2.45) is 0 Å². The van der Waals surface area contributed by atoms with Crippen LogP contribution in [0.2, 0.25) is 0 Å². The second kappa shape index (κ2) is 10.8. The lowest BCUT2D eigenvalue weighted by atomic mass is 10.0. The van der Waals surface area contributed by atoms with E-state index in [1.807, 2.05) is 61.5 Å². The second-order valence-electron chi connectivity index (χ2n) is 7.09. The Bertz CT molecular complexity index is 1030. The third-order valence-corrected chi connectivity index (χ3v) is 5.96. The molecule has 5 nitrogen and oxygen atoms in total. The van der Waals surface area contributed by atoms with Crippen LogP contribution in [0.5, 0.6) is 5.75 Å². The van der Waals surface area contributed by atoms with Crippen LogP contribution in [0.15, 0.2) is 54.6 Å². The minimum atomic E-state index is -0.461. The quantitative estimate of drug-likeness (QED) is 0.336. The minimum absolute atomic E-state index is 0.157. The maximum atomic E-state index is 12.5. The average molecular weight is 438 g/mol.